The van der Waals surface area contributed by atoms with Crippen LogP contribution in [-0.2, 0) is 19.5 Å². The molecule has 0 aromatic carbocycles. The SMILES string of the molecule is CN(C)Cc1ccc2n(c1=O)C[C@H]1C[C@@H]2CN(C(=O)c2ccc3c(n2)N(C)CC3)C1. The Labute approximate surface area is 176 Å². The van der Waals surface area contributed by atoms with E-state index in [1.54, 1.807) is 0 Å². The maximum absolute atomic E-state index is 13.3. The fourth-order valence-electron chi connectivity index (χ4n) is 5.30. The molecular formula is C23H29N5O2. The number of piperidine rings is 1. The predicted molar refractivity (Wildman–Crippen MR) is 116 cm³/mol. The summed E-state index contributed by atoms with van der Waals surface area (Å²) in [6.45, 7) is 3.63. The predicted octanol–water partition coefficient (Wildman–Crippen LogP) is 1.56. The summed E-state index contributed by atoms with van der Waals surface area (Å²) in [5.41, 5.74) is 3.77. The van der Waals surface area contributed by atoms with Gasteiger partial charge in [-0.05, 0) is 50.6 Å². The van der Waals surface area contributed by atoms with Gasteiger partial charge in [0, 0.05) is 56.9 Å². The Hall–Kier alpha value is -2.67. The molecule has 5 rings (SSSR count). The number of rotatable bonds is 3. The first-order chi connectivity index (χ1) is 14.4. The minimum atomic E-state index is 0.00725. The normalized spacial score (nSPS) is 22.3. The first kappa shape index (κ1) is 19.3. The van der Waals surface area contributed by atoms with E-state index in [9.17, 15) is 9.59 Å². The van der Waals surface area contributed by atoms with Crippen molar-refractivity contribution in [3.8, 4) is 0 Å². The molecule has 0 radical (unpaired) electrons. The van der Waals surface area contributed by atoms with E-state index >= 15 is 0 Å². The summed E-state index contributed by atoms with van der Waals surface area (Å²) in [4.78, 5) is 37.0. The van der Waals surface area contributed by atoms with Crippen molar-refractivity contribution in [1.82, 2.24) is 19.4 Å². The van der Waals surface area contributed by atoms with Gasteiger partial charge in [-0.25, -0.2) is 4.98 Å². The van der Waals surface area contributed by atoms with Gasteiger partial charge in [-0.15, -0.1) is 0 Å². The highest BCUT2D eigenvalue weighted by Crippen LogP contribution is 2.36. The zero-order chi connectivity index (χ0) is 21.0. The number of pyridine rings is 2. The Morgan fingerprint density at radius 1 is 1.17 bits per heavy atom. The highest BCUT2D eigenvalue weighted by molar-refractivity contribution is 5.93. The highest BCUT2D eigenvalue weighted by Gasteiger charge is 2.37. The van der Waals surface area contributed by atoms with E-state index in [2.05, 4.69) is 16.0 Å². The Kier molecular flexibility index (Phi) is 4.65. The number of nitrogens with zero attached hydrogens (tertiary/aromatic N) is 5. The van der Waals surface area contributed by atoms with Crippen LogP contribution < -0.4 is 10.5 Å². The van der Waals surface area contributed by atoms with Crippen LogP contribution in [0.4, 0.5) is 5.82 Å². The highest BCUT2D eigenvalue weighted by atomic mass is 16.2. The summed E-state index contributed by atoms with van der Waals surface area (Å²) >= 11 is 0. The van der Waals surface area contributed by atoms with E-state index in [4.69, 9.17) is 0 Å². The van der Waals surface area contributed by atoms with Gasteiger partial charge in [0.05, 0.1) is 0 Å². The van der Waals surface area contributed by atoms with Gasteiger partial charge < -0.3 is 19.3 Å². The lowest BCUT2D eigenvalue weighted by atomic mass is 9.83. The van der Waals surface area contributed by atoms with Crippen molar-refractivity contribution in [2.45, 2.75) is 31.8 Å². The van der Waals surface area contributed by atoms with Crippen LogP contribution in [0.3, 0.4) is 0 Å². The first-order valence-electron chi connectivity index (χ1n) is 10.8. The second kappa shape index (κ2) is 7.23. The Morgan fingerprint density at radius 3 is 2.80 bits per heavy atom. The van der Waals surface area contributed by atoms with E-state index < -0.39 is 0 Å². The molecular weight excluding hydrogens is 378 g/mol. The molecule has 0 saturated carbocycles. The fourth-order valence-corrected chi connectivity index (χ4v) is 5.30. The van der Waals surface area contributed by atoms with Crippen LogP contribution in [0.2, 0.25) is 0 Å². The lowest BCUT2D eigenvalue weighted by molar-refractivity contribution is 0.0588. The average Bonchev–Trinajstić information content (AvgIpc) is 3.10. The van der Waals surface area contributed by atoms with E-state index in [1.807, 2.05) is 53.7 Å². The number of likely N-dealkylation sites (N-methyl/N-ethyl adjacent to an activating group) is 1. The number of hydrogen-bond donors (Lipinski definition) is 0. The van der Waals surface area contributed by atoms with E-state index in [1.165, 1.54) is 5.56 Å². The quantitative estimate of drug-likeness (QED) is 0.773. The lowest BCUT2D eigenvalue weighted by Crippen LogP contribution is -2.49. The van der Waals surface area contributed by atoms with Gasteiger partial charge in [0.15, 0.2) is 0 Å². The Bertz CT molecular complexity index is 1060. The smallest absolute Gasteiger partial charge is 0.272 e. The maximum atomic E-state index is 13.3. The van der Waals surface area contributed by atoms with Gasteiger partial charge in [0.2, 0.25) is 0 Å². The molecule has 7 nitrogen and oxygen atoms in total. The molecule has 2 bridgehead atoms. The Balaban J connectivity index is 1.40. The number of amides is 1. The fraction of sp³-hybridized carbons (Fsp3) is 0.522. The third-order valence-corrected chi connectivity index (χ3v) is 6.71. The van der Waals surface area contributed by atoms with Gasteiger partial charge in [-0.1, -0.05) is 12.1 Å². The number of hydrogen-bond acceptors (Lipinski definition) is 5. The van der Waals surface area contributed by atoms with Crippen molar-refractivity contribution in [1.29, 1.82) is 0 Å². The minimum Gasteiger partial charge on any atom is -0.359 e. The Morgan fingerprint density at radius 2 is 2.00 bits per heavy atom. The second-order valence-corrected chi connectivity index (χ2v) is 9.30. The van der Waals surface area contributed by atoms with Gasteiger partial charge in [-0.3, -0.25) is 9.59 Å². The zero-order valence-electron chi connectivity index (χ0n) is 18.0. The molecule has 0 N–H and O–H groups in total. The summed E-state index contributed by atoms with van der Waals surface area (Å²) < 4.78 is 1.96. The van der Waals surface area contributed by atoms with Crippen LogP contribution in [0.25, 0.3) is 0 Å². The van der Waals surface area contributed by atoms with E-state index in [0.717, 1.165) is 36.5 Å². The molecule has 1 fully saturated rings. The van der Waals surface area contributed by atoms with Gasteiger partial charge in [0.25, 0.3) is 11.5 Å². The number of fused-ring (bicyclic) bond motifs is 5. The number of carbonyl (C=O) groups excluding carboxylic acids is 1. The number of aromatic nitrogens is 2. The zero-order valence-corrected chi connectivity index (χ0v) is 18.0. The summed E-state index contributed by atoms with van der Waals surface area (Å²) in [7, 11) is 5.98. The van der Waals surface area contributed by atoms with Crippen molar-refractivity contribution in [3.63, 3.8) is 0 Å². The van der Waals surface area contributed by atoms with E-state index in [-0.39, 0.29) is 17.4 Å². The first-order valence-corrected chi connectivity index (χ1v) is 10.8. The molecule has 2 atom stereocenters. The van der Waals surface area contributed by atoms with Gasteiger partial charge >= 0.3 is 0 Å². The van der Waals surface area contributed by atoms with Crippen LogP contribution >= 0.6 is 0 Å². The molecule has 5 heterocycles. The topological polar surface area (TPSA) is 61.7 Å². The summed E-state index contributed by atoms with van der Waals surface area (Å²) in [6.07, 6.45) is 2.03. The lowest BCUT2D eigenvalue weighted by Gasteiger charge is -2.42. The maximum Gasteiger partial charge on any atom is 0.272 e. The summed E-state index contributed by atoms with van der Waals surface area (Å²) in [5.74, 6) is 1.46. The van der Waals surface area contributed by atoms with Gasteiger partial charge in [0.1, 0.15) is 11.5 Å². The molecule has 3 aliphatic rings. The molecule has 30 heavy (non-hydrogen) atoms. The van der Waals surface area contributed by atoms with E-state index in [0.29, 0.717) is 37.8 Å². The molecule has 0 unspecified atom stereocenters. The number of carbonyl (C=O) groups is 1. The van der Waals surface area contributed by atoms with Crippen molar-refractivity contribution < 1.29 is 4.79 Å². The van der Waals surface area contributed by atoms with Crippen molar-refractivity contribution >= 4 is 11.7 Å². The second-order valence-electron chi connectivity index (χ2n) is 9.30. The number of likely N-dealkylation sites (tertiary alicyclic amines) is 1. The molecule has 1 saturated heterocycles. The molecule has 0 spiro atoms. The monoisotopic (exact) mass is 407 g/mol. The van der Waals surface area contributed by atoms with Crippen LogP contribution in [0.5, 0.6) is 0 Å². The van der Waals surface area contributed by atoms with Crippen LogP contribution in [-0.4, -0.2) is 66.0 Å². The molecule has 2 aromatic heterocycles. The van der Waals surface area contributed by atoms with Crippen LogP contribution in [0.15, 0.2) is 29.1 Å². The average molecular weight is 408 g/mol. The van der Waals surface area contributed by atoms with Crippen molar-refractivity contribution in [2.24, 2.45) is 5.92 Å². The molecule has 3 aliphatic heterocycles. The largest absolute Gasteiger partial charge is 0.359 e. The van der Waals surface area contributed by atoms with Gasteiger partial charge in [-0.2, -0.15) is 0 Å². The standard InChI is InChI=1S/C23H29N5O2/c1-25(2)13-17-5-7-20-18-10-15(12-28(20)22(17)29)11-27(14-18)23(30)19-6-4-16-8-9-26(3)21(16)24-19/h4-7,15,18H,8-14H2,1-3H3/t15-,18+/m0/s1. The third-order valence-electron chi connectivity index (χ3n) is 6.71. The van der Waals surface area contributed by atoms with Crippen molar-refractivity contribution in [2.75, 3.05) is 45.7 Å². The molecule has 1 amide bonds. The summed E-state index contributed by atoms with van der Waals surface area (Å²) in [5, 5.41) is 0. The summed E-state index contributed by atoms with van der Waals surface area (Å²) in [6, 6.07) is 7.98. The molecule has 158 valence electrons. The molecule has 0 aliphatic carbocycles. The minimum absolute atomic E-state index is 0.00725. The van der Waals surface area contributed by atoms with Crippen LogP contribution in [0, 0.1) is 5.92 Å². The molecule has 2 aromatic rings. The molecule has 7 heteroatoms. The number of anilines is 1. The van der Waals surface area contributed by atoms with Crippen molar-refractivity contribution in [3.05, 3.63) is 57.1 Å². The van der Waals surface area contributed by atoms with Crippen LogP contribution in [0.1, 0.15) is 39.6 Å². The third kappa shape index (κ3) is 3.21.